The van der Waals surface area contributed by atoms with Crippen molar-refractivity contribution in [1.29, 1.82) is 0 Å². The molecule has 2 heteroatoms. The normalized spacial score (nSPS) is 14.8. The van der Waals surface area contributed by atoms with Crippen LogP contribution in [0.4, 0.5) is 0 Å². The first kappa shape index (κ1) is 10.6. The van der Waals surface area contributed by atoms with Crippen LogP contribution in [-0.2, 0) is 4.74 Å². The van der Waals surface area contributed by atoms with Crippen LogP contribution < -0.4 is 4.74 Å². The zero-order valence-corrected chi connectivity index (χ0v) is 9.22. The van der Waals surface area contributed by atoms with Crippen molar-refractivity contribution in [1.82, 2.24) is 0 Å². The van der Waals surface area contributed by atoms with Gasteiger partial charge in [0.05, 0.1) is 7.11 Å². The topological polar surface area (TPSA) is 18.5 Å². The Balaban J connectivity index is 2.24. The first-order valence-corrected chi connectivity index (χ1v) is 5.24. The van der Waals surface area contributed by atoms with E-state index in [0.717, 1.165) is 23.7 Å². The first-order valence-electron chi connectivity index (χ1n) is 5.24. The van der Waals surface area contributed by atoms with Crippen LogP contribution in [0.25, 0.3) is 0 Å². The smallest absolute Gasteiger partial charge is 0.168 e. The lowest BCUT2D eigenvalue weighted by Crippen LogP contribution is -1.97. The van der Waals surface area contributed by atoms with Crippen LogP contribution in [0.1, 0.15) is 6.42 Å². The zero-order valence-electron chi connectivity index (χ0n) is 9.22. The van der Waals surface area contributed by atoms with E-state index in [2.05, 4.69) is 0 Å². The predicted octanol–water partition coefficient (Wildman–Crippen LogP) is 3.44. The zero-order chi connectivity index (χ0) is 11.2. The van der Waals surface area contributed by atoms with Gasteiger partial charge in [0.25, 0.3) is 0 Å². The molecule has 0 fully saturated rings. The minimum absolute atomic E-state index is 0.738. The van der Waals surface area contributed by atoms with Gasteiger partial charge in [-0.25, -0.2) is 0 Å². The summed E-state index contributed by atoms with van der Waals surface area (Å²) < 4.78 is 11.0. The van der Waals surface area contributed by atoms with Gasteiger partial charge in [-0.05, 0) is 30.7 Å². The van der Waals surface area contributed by atoms with Crippen LogP contribution in [0, 0.1) is 0 Å². The summed E-state index contributed by atoms with van der Waals surface area (Å²) in [6.07, 6.45) is 8.84. The molecular formula is C14H14O2. The van der Waals surface area contributed by atoms with Crippen molar-refractivity contribution >= 4 is 0 Å². The monoisotopic (exact) mass is 214 g/mol. The van der Waals surface area contributed by atoms with Crippen molar-refractivity contribution in [2.24, 2.45) is 0 Å². The van der Waals surface area contributed by atoms with Crippen LogP contribution in [-0.4, -0.2) is 7.11 Å². The van der Waals surface area contributed by atoms with Crippen molar-refractivity contribution < 1.29 is 9.47 Å². The van der Waals surface area contributed by atoms with Crippen LogP contribution in [0.2, 0.25) is 0 Å². The SMILES string of the molecule is COC1=C(Oc2ccccc2)C=CCC=C1. The molecule has 1 aliphatic rings. The number of allylic oxidation sites excluding steroid dienone is 4. The quantitative estimate of drug-likeness (QED) is 0.767. The lowest BCUT2D eigenvalue weighted by atomic mass is 10.3. The van der Waals surface area contributed by atoms with Gasteiger partial charge in [0.1, 0.15) is 5.75 Å². The van der Waals surface area contributed by atoms with E-state index >= 15 is 0 Å². The first-order chi connectivity index (χ1) is 7.90. The van der Waals surface area contributed by atoms with Gasteiger partial charge in [-0.3, -0.25) is 0 Å². The minimum atomic E-state index is 0.738. The van der Waals surface area contributed by atoms with Crippen molar-refractivity contribution in [2.45, 2.75) is 6.42 Å². The molecule has 0 heterocycles. The third-order valence-corrected chi connectivity index (χ3v) is 2.24. The van der Waals surface area contributed by atoms with Crippen molar-refractivity contribution in [2.75, 3.05) is 7.11 Å². The fraction of sp³-hybridized carbons (Fsp3) is 0.143. The molecule has 0 spiro atoms. The lowest BCUT2D eigenvalue weighted by molar-refractivity contribution is 0.279. The molecule has 1 aromatic rings. The van der Waals surface area contributed by atoms with E-state index in [1.54, 1.807) is 7.11 Å². The summed E-state index contributed by atoms with van der Waals surface area (Å²) in [5.41, 5.74) is 0. The van der Waals surface area contributed by atoms with Crippen LogP contribution in [0.15, 0.2) is 66.2 Å². The molecule has 1 aliphatic carbocycles. The van der Waals surface area contributed by atoms with E-state index in [1.165, 1.54) is 0 Å². The number of rotatable bonds is 3. The minimum Gasteiger partial charge on any atom is -0.493 e. The Morgan fingerprint density at radius 3 is 2.31 bits per heavy atom. The fourth-order valence-corrected chi connectivity index (χ4v) is 1.46. The molecule has 2 nitrogen and oxygen atoms in total. The summed E-state index contributed by atoms with van der Waals surface area (Å²) in [6, 6.07) is 9.68. The number of hydrogen-bond acceptors (Lipinski definition) is 2. The van der Waals surface area contributed by atoms with Gasteiger partial charge >= 0.3 is 0 Å². The van der Waals surface area contributed by atoms with Gasteiger partial charge in [-0.1, -0.05) is 30.4 Å². The molecule has 0 unspecified atom stereocenters. The Bertz CT molecular complexity index is 427. The van der Waals surface area contributed by atoms with Gasteiger partial charge in [0, 0.05) is 0 Å². The average Bonchev–Trinajstić information content (AvgIpc) is 2.55. The number of ether oxygens (including phenoxy) is 2. The number of hydrogen-bond donors (Lipinski definition) is 0. The second kappa shape index (κ2) is 5.21. The third-order valence-electron chi connectivity index (χ3n) is 2.24. The largest absolute Gasteiger partial charge is 0.493 e. The molecule has 16 heavy (non-hydrogen) atoms. The predicted molar refractivity (Wildman–Crippen MR) is 64.0 cm³/mol. The molecule has 0 amide bonds. The van der Waals surface area contributed by atoms with E-state index in [9.17, 15) is 0 Å². The van der Waals surface area contributed by atoms with Crippen LogP contribution >= 0.6 is 0 Å². The Kier molecular flexibility index (Phi) is 3.44. The maximum absolute atomic E-state index is 5.76. The van der Waals surface area contributed by atoms with E-state index in [-0.39, 0.29) is 0 Å². The van der Waals surface area contributed by atoms with E-state index < -0.39 is 0 Å². The van der Waals surface area contributed by atoms with Crippen molar-refractivity contribution in [3.05, 3.63) is 66.2 Å². The molecule has 0 saturated heterocycles. The molecule has 0 bridgehead atoms. The second-order valence-electron chi connectivity index (χ2n) is 3.39. The van der Waals surface area contributed by atoms with E-state index in [4.69, 9.17) is 9.47 Å². The summed E-state index contributed by atoms with van der Waals surface area (Å²) in [7, 11) is 1.65. The summed E-state index contributed by atoms with van der Waals surface area (Å²) in [5.74, 6) is 2.30. The van der Waals surface area contributed by atoms with Crippen LogP contribution in [0.3, 0.4) is 0 Å². The summed E-state index contributed by atoms with van der Waals surface area (Å²) in [6.45, 7) is 0. The Hall–Kier alpha value is -1.96. The Labute approximate surface area is 95.5 Å². The summed E-state index contributed by atoms with van der Waals surface area (Å²) in [4.78, 5) is 0. The molecule has 0 saturated carbocycles. The highest BCUT2D eigenvalue weighted by Crippen LogP contribution is 2.19. The van der Waals surface area contributed by atoms with Crippen LogP contribution in [0.5, 0.6) is 5.75 Å². The third kappa shape index (κ3) is 2.54. The van der Waals surface area contributed by atoms with Gasteiger partial charge in [-0.2, -0.15) is 0 Å². The molecule has 1 aromatic carbocycles. The van der Waals surface area contributed by atoms with E-state index in [0.29, 0.717) is 0 Å². The summed E-state index contributed by atoms with van der Waals surface area (Å²) in [5, 5.41) is 0. The van der Waals surface area contributed by atoms with Gasteiger partial charge in [-0.15, -0.1) is 0 Å². The molecule has 82 valence electrons. The highest BCUT2D eigenvalue weighted by molar-refractivity contribution is 5.33. The maximum atomic E-state index is 5.76. The average molecular weight is 214 g/mol. The van der Waals surface area contributed by atoms with Gasteiger partial charge in [0.15, 0.2) is 11.5 Å². The maximum Gasteiger partial charge on any atom is 0.168 e. The number of benzene rings is 1. The molecule has 0 N–H and O–H groups in total. The molecule has 0 radical (unpaired) electrons. The Morgan fingerprint density at radius 2 is 1.62 bits per heavy atom. The molecule has 0 atom stereocenters. The standard InChI is InChI=1S/C14H14O2/c1-15-13-10-6-3-7-11-14(13)16-12-8-4-2-5-9-12/h2,4-11H,3H2,1H3. The lowest BCUT2D eigenvalue weighted by Gasteiger charge is -2.09. The molecule has 0 aliphatic heterocycles. The molecule has 2 rings (SSSR count). The number of methoxy groups -OCH3 is 1. The highest BCUT2D eigenvalue weighted by atomic mass is 16.5. The van der Waals surface area contributed by atoms with Gasteiger partial charge in [0.2, 0.25) is 0 Å². The fourth-order valence-electron chi connectivity index (χ4n) is 1.46. The van der Waals surface area contributed by atoms with E-state index in [1.807, 2.05) is 54.6 Å². The van der Waals surface area contributed by atoms with Gasteiger partial charge < -0.3 is 9.47 Å². The van der Waals surface area contributed by atoms with Crippen molar-refractivity contribution in [3.8, 4) is 5.75 Å². The number of para-hydroxylation sites is 1. The summed E-state index contributed by atoms with van der Waals surface area (Å²) >= 11 is 0. The molecular weight excluding hydrogens is 200 g/mol. The van der Waals surface area contributed by atoms with Crippen molar-refractivity contribution in [3.63, 3.8) is 0 Å². The Morgan fingerprint density at radius 1 is 0.938 bits per heavy atom. The second-order valence-corrected chi connectivity index (χ2v) is 3.39. The molecule has 0 aromatic heterocycles. The highest BCUT2D eigenvalue weighted by Gasteiger charge is 2.06.